The van der Waals surface area contributed by atoms with E-state index >= 15 is 0 Å². The molecule has 23 heavy (non-hydrogen) atoms. The van der Waals surface area contributed by atoms with Crippen LogP contribution >= 0.6 is 0 Å². The number of rotatable bonds is 4. The highest BCUT2D eigenvalue weighted by Crippen LogP contribution is 2.22. The molecule has 0 unspecified atom stereocenters. The summed E-state index contributed by atoms with van der Waals surface area (Å²) in [5.41, 5.74) is 1.64. The van der Waals surface area contributed by atoms with Crippen molar-refractivity contribution in [3.63, 3.8) is 0 Å². The summed E-state index contributed by atoms with van der Waals surface area (Å²) in [6.45, 7) is 12.3. The summed E-state index contributed by atoms with van der Waals surface area (Å²) >= 11 is 0. The van der Waals surface area contributed by atoms with Gasteiger partial charge in [0.1, 0.15) is 0 Å². The molecule has 1 aromatic rings. The Bertz CT molecular complexity index is 576. The van der Waals surface area contributed by atoms with Gasteiger partial charge in [0.05, 0.1) is 5.92 Å². The summed E-state index contributed by atoms with van der Waals surface area (Å²) in [4.78, 5) is 26.7. The molecule has 1 heterocycles. The average molecular weight is 316 g/mol. The van der Waals surface area contributed by atoms with E-state index in [1.807, 2.05) is 49.9 Å². The number of piperazine rings is 1. The van der Waals surface area contributed by atoms with Gasteiger partial charge in [0.2, 0.25) is 5.91 Å². The molecular formula is C19H28N2O2. The first kappa shape index (κ1) is 17.7. The summed E-state index contributed by atoms with van der Waals surface area (Å²) in [6.07, 6.45) is 0. The topological polar surface area (TPSA) is 49.4 Å². The van der Waals surface area contributed by atoms with E-state index in [2.05, 4.69) is 19.2 Å². The molecule has 1 aliphatic heterocycles. The predicted octanol–water partition coefficient (Wildman–Crippen LogP) is 2.84. The first-order valence-corrected chi connectivity index (χ1v) is 8.39. The molecule has 4 heteroatoms. The van der Waals surface area contributed by atoms with Crippen LogP contribution in [0.4, 0.5) is 0 Å². The zero-order chi connectivity index (χ0) is 17.2. The van der Waals surface area contributed by atoms with E-state index in [0.717, 1.165) is 25.2 Å². The first-order valence-electron chi connectivity index (χ1n) is 8.39. The van der Waals surface area contributed by atoms with Crippen molar-refractivity contribution in [3.8, 4) is 0 Å². The predicted molar refractivity (Wildman–Crippen MR) is 92.7 cm³/mol. The lowest BCUT2D eigenvalue weighted by Crippen LogP contribution is -2.58. The van der Waals surface area contributed by atoms with Gasteiger partial charge in [-0.05, 0) is 26.3 Å². The second-order valence-corrected chi connectivity index (χ2v) is 7.43. The van der Waals surface area contributed by atoms with Gasteiger partial charge in [0.25, 0.3) is 0 Å². The number of carbonyl (C=O) groups excluding carboxylic acids is 2. The highest BCUT2D eigenvalue weighted by molar-refractivity contribution is 5.97. The van der Waals surface area contributed by atoms with E-state index in [1.165, 1.54) is 0 Å². The van der Waals surface area contributed by atoms with Crippen LogP contribution in [0, 0.1) is 5.92 Å². The number of ketones is 1. The molecule has 1 atom stereocenters. The van der Waals surface area contributed by atoms with Crippen LogP contribution in [-0.4, -0.2) is 41.8 Å². The fourth-order valence-corrected chi connectivity index (χ4v) is 3.02. The molecule has 1 fully saturated rings. The molecule has 0 saturated carbocycles. The minimum Gasteiger partial charge on any atom is -0.339 e. The van der Waals surface area contributed by atoms with Crippen LogP contribution in [0.25, 0.3) is 0 Å². The Morgan fingerprint density at radius 3 is 2.26 bits per heavy atom. The van der Waals surface area contributed by atoms with E-state index in [1.54, 1.807) is 0 Å². The van der Waals surface area contributed by atoms with Gasteiger partial charge >= 0.3 is 0 Å². The Morgan fingerprint density at radius 1 is 1.13 bits per heavy atom. The van der Waals surface area contributed by atoms with E-state index in [0.29, 0.717) is 5.56 Å². The Hall–Kier alpha value is -1.68. The van der Waals surface area contributed by atoms with Gasteiger partial charge in [-0.1, -0.05) is 38.1 Å². The number of Topliss-reactive ketones (excluding diaryl/α,β-unsaturated/α-hetero) is 1. The molecule has 0 aliphatic carbocycles. The van der Waals surface area contributed by atoms with Crippen molar-refractivity contribution in [2.45, 2.75) is 46.1 Å². The van der Waals surface area contributed by atoms with E-state index in [9.17, 15) is 9.59 Å². The summed E-state index contributed by atoms with van der Waals surface area (Å²) in [7, 11) is 0. The number of carbonyl (C=O) groups is 2. The van der Waals surface area contributed by atoms with Gasteiger partial charge in [-0.25, -0.2) is 0 Å². The lowest BCUT2D eigenvalue weighted by molar-refractivity contribution is -0.134. The lowest BCUT2D eigenvalue weighted by Gasteiger charge is -2.40. The second-order valence-electron chi connectivity index (χ2n) is 7.43. The minimum absolute atomic E-state index is 0.0111. The maximum atomic E-state index is 12.7. The highest BCUT2D eigenvalue weighted by Gasteiger charge is 2.31. The number of nitrogens with one attached hydrogen (secondary N) is 1. The van der Waals surface area contributed by atoms with Crippen molar-refractivity contribution in [3.05, 3.63) is 35.4 Å². The molecule has 1 amide bonds. The fourth-order valence-electron chi connectivity index (χ4n) is 3.02. The number of nitrogens with zero attached hydrogens (tertiary/aromatic N) is 1. The standard InChI is InChI=1S/C19H28N2O2/c1-13(2)17(22)16-8-6-15(7-9-16)14(3)18(23)21-11-10-20-19(4,5)12-21/h6-9,13-14,20H,10-12H2,1-5H3/t14-/m0/s1. The van der Waals surface area contributed by atoms with Crippen LogP contribution in [0.5, 0.6) is 0 Å². The monoisotopic (exact) mass is 316 g/mol. The summed E-state index contributed by atoms with van der Waals surface area (Å²) in [5.74, 6) is 0.0944. The lowest BCUT2D eigenvalue weighted by atomic mass is 9.94. The molecule has 2 rings (SSSR count). The number of benzene rings is 1. The van der Waals surface area contributed by atoms with Crippen LogP contribution in [0.2, 0.25) is 0 Å². The quantitative estimate of drug-likeness (QED) is 0.869. The summed E-state index contributed by atoms with van der Waals surface area (Å²) < 4.78 is 0. The van der Waals surface area contributed by atoms with Crippen molar-refractivity contribution in [1.29, 1.82) is 0 Å². The maximum Gasteiger partial charge on any atom is 0.229 e. The Labute approximate surface area is 139 Å². The SMILES string of the molecule is CC(C)C(=O)c1ccc([C@H](C)C(=O)N2CCNC(C)(C)C2)cc1. The van der Waals surface area contributed by atoms with Crippen LogP contribution in [-0.2, 0) is 4.79 Å². The Morgan fingerprint density at radius 2 is 1.74 bits per heavy atom. The molecule has 126 valence electrons. The van der Waals surface area contributed by atoms with Gasteiger partial charge in [0, 0.05) is 36.7 Å². The minimum atomic E-state index is -0.188. The zero-order valence-electron chi connectivity index (χ0n) is 14.8. The van der Waals surface area contributed by atoms with Crippen molar-refractivity contribution < 1.29 is 9.59 Å². The molecule has 0 radical (unpaired) electrons. The van der Waals surface area contributed by atoms with Gasteiger partial charge in [-0.15, -0.1) is 0 Å². The molecule has 0 aromatic heterocycles. The van der Waals surface area contributed by atoms with E-state index in [-0.39, 0.29) is 29.1 Å². The van der Waals surface area contributed by atoms with Crippen LogP contribution < -0.4 is 5.32 Å². The molecule has 0 spiro atoms. The molecule has 1 N–H and O–H groups in total. The Kier molecular flexibility index (Phi) is 5.25. The molecule has 1 aromatic carbocycles. The Balaban J connectivity index is 2.09. The summed E-state index contributed by atoms with van der Waals surface area (Å²) in [6, 6.07) is 7.49. The van der Waals surface area contributed by atoms with Crippen LogP contribution in [0.3, 0.4) is 0 Å². The first-order chi connectivity index (χ1) is 10.7. The third-order valence-electron chi connectivity index (χ3n) is 4.47. The normalized spacial score (nSPS) is 18.8. The third-order valence-corrected chi connectivity index (χ3v) is 4.47. The van der Waals surface area contributed by atoms with Gasteiger partial charge in [0.15, 0.2) is 5.78 Å². The van der Waals surface area contributed by atoms with E-state index < -0.39 is 0 Å². The van der Waals surface area contributed by atoms with Crippen molar-refractivity contribution >= 4 is 11.7 Å². The van der Waals surface area contributed by atoms with Crippen LogP contribution in [0.1, 0.15) is 56.5 Å². The smallest absolute Gasteiger partial charge is 0.229 e. The van der Waals surface area contributed by atoms with Gasteiger partial charge in [-0.2, -0.15) is 0 Å². The maximum absolute atomic E-state index is 12.7. The van der Waals surface area contributed by atoms with Crippen LogP contribution in [0.15, 0.2) is 24.3 Å². The molecule has 4 nitrogen and oxygen atoms in total. The highest BCUT2D eigenvalue weighted by atomic mass is 16.2. The van der Waals surface area contributed by atoms with Crippen molar-refractivity contribution in [2.75, 3.05) is 19.6 Å². The van der Waals surface area contributed by atoms with Gasteiger partial charge < -0.3 is 10.2 Å². The number of amides is 1. The molecule has 0 bridgehead atoms. The third kappa shape index (κ3) is 4.20. The van der Waals surface area contributed by atoms with Gasteiger partial charge in [-0.3, -0.25) is 9.59 Å². The zero-order valence-corrected chi connectivity index (χ0v) is 14.8. The van der Waals surface area contributed by atoms with Crippen molar-refractivity contribution in [1.82, 2.24) is 10.2 Å². The average Bonchev–Trinajstić information content (AvgIpc) is 2.51. The number of hydrogen-bond acceptors (Lipinski definition) is 3. The summed E-state index contributed by atoms with van der Waals surface area (Å²) in [5, 5.41) is 3.42. The fraction of sp³-hybridized carbons (Fsp3) is 0.579. The largest absolute Gasteiger partial charge is 0.339 e. The molecular weight excluding hydrogens is 288 g/mol. The van der Waals surface area contributed by atoms with Crippen molar-refractivity contribution in [2.24, 2.45) is 5.92 Å². The van der Waals surface area contributed by atoms with E-state index in [4.69, 9.17) is 0 Å². The molecule has 1 saturated heterocycles. The number of hydrogen-bond donors (Lipinski definition) is 1. The second kappa shape index (κ2) is 6.83. The molecule has 1 aliphatic rings.